The van der Waals surface area contributed by atoms with E-state index in [1.807, 2.05) is 0 Å². The number of likely N-dealkylation sites (N-methyl/N-ethyl adjacent to an activating group) is 1. The fourth-order valence-corrected chi connectivity index (χ4v) is 2.62. The van der Waals surface area contributed by atoms with Crippen LogP contribution in [0, 0.1) is 6.92 Å². The first-order chi connectivity index (χ1) is 9.93. The number of rotatable bonds is 3. The Balaban J connectivity index is 2.13. The molecule has 7 heteroatoms. The van der Waals surface area contributed by atoms with E-state index in [1.54, 1.807) is 18.9 Å². The Hall–Kier alpha value is -1.89. The Kier molecular flexibility index (Phi) is 4.62. The van der Waals surface area contributed by atoms with Crippen molar-refractivity contribution < 1.29 is 14.0 Å². The highest BCUT2D eigenvalue weighted by Gasteiger charge is 2.35. The molecule has 1 aromatic heterocycles. The Morgan fingerprint density at radius 1 is 1.43 bits per heavy atom. The molecule has 2 heterocycles. The summed E-state index contributed by atoms with van der Waals surface area (Å²) in [7, 11) is 1.61. The van der Waals surface area contributed by atoms with Crippen LogP contribution in [0.1, 0.15) is 30.2 Å². The maximum atomic E-state index is 12.4. The van der Waals surface area contributed by atoms with Crippen molar-refractivity contribution in [3.05, 3.63) is 17.8 Å². The first-order valence-corrected chi connectivity index (χ1v) is 7.12. The first kappa shape index (κ1) is 15.5. The fourth-order valence-electron chi connectivity index (χ4n) is 2.62. The highest BCUT2D eigenvalue weighted by Crippen LogP contribution is 2.16. The lowest BCUT2D eigenvalue weighted by Crippen LogP contribution is -2.61. The van der Waals surface area contributed by atoms with Crippen molar-refractivity contribution in [1.29, 1.82) is 0 Å². The highest BCUT2D eigenvalue weighted by molar-refractivity contribution is 5.93. The Bertz CT molecular complexity index is 526. The van der Waals surface area contributed by atoms with Gasteiger partial charge in [-0.1, -0.05) is 0 Å². The van der Waals surface area contributed by atoms with Crippen molar-refractivity contribution in [2.75, 3.05) is 26.7 Å². The molecule has 1 aromatic rings. The second-order valence-corrected chi connectivity index (χ2v) is 5.46. The number of piperazine rings is 1. The molecule has 7 nitrogen and oxygen atoms in total. The van der Waals surface area contributed by atoms with Crippen LogP contribution in [0.2, 0.25) is 0 Å². The predicted molar refractivity (Wildman–Crippen MR) is 76.8 cm³/mol. The number of amides is 2. The molecule has 0 unspecified atom stereocenters. The molecule has 1 fully saturated rings. The van der Waals surface area contributed by atoms with Gasteiger partial charge in [0.2, 0.25) is 5.91 Å². The van der Waals surface area contributed by atoms with E-state index in [-0.39, 0.29) is 23.9 Å². The third-order valence-corrected chi connectivity index (χ3v) is 3.76. The number of nitrogens with zero attached hydrogens (tertiary/aromatic N) is 3. The van der Waals surface area contributed by atoms with Gasteiger partial charge in [0.05, 0.1) is 0 Å². The number of aryl methyl sites for hydroxylation is 1. The molecule has 1 saturated heterocycles. The van der Waals surface area contributed by atoms with E-state index in [1.165, 1.54) is 6.26 Å². The zero-order chi connectivity index (χ0) is 15.6. The number of carbonyl (C=O) groups excluding carboxylic acids is 2. The summed E-state index contributed by atoms with van der Waals surface area (Å²) in [5, 5.41) is 2.67. The van der Waals surface area contributed by atoms with Gasteiger partial charge in [-0.3, -0.25) is 14.5 Å². The number of carbonyl (C=O) groups is 2. The Morgan fingerprint density at radius 2 is 2.14 bits per heavy atom. The number of nitrogens with one attached hydrogen (secondary N) is 1. The fraction of sp³-hybridized carbons (Fsp3) is 0.643. The van der Waals surface area contributed by atoms with Crippen LogP contribution in [0.15, 0.2) is 10.7 Å². The third kappa shape index (κ3) is 3.24. The lowest BCUT2D eigenvalue weighted by atomic mass is 10.1. The van der Waals surface area contributed by atoms with Crippen LogP contribution in [0.25, 0.3) is 0 Å². The van der Waals surface area contributed by atoms with E-state index in [9.17, 15) is 9.59 Å². The van der Waals surface area contributed by atoms with E-state index in [0.717, 1.165) is 0 Å². The molecule has 116 valence electrons. The Labute approximate surface area is 124 Å². The smallest absolute Gasteiger partial charge is 0.275 e. The van der Waals surface area contributed by atoms with E-state index in [4.69, 9.17) is 4.42 Å². The van der Waals surface area contributed by atoms with E-state index >= 15 is 0 Å². The highest BCUT2D eigenvalue weighted by atomic mass is 16.3. The summed E-state index contributed by atoms with van der Waals surface area (Å²) in [5.74, 6) is 0.198. The van der Waals surface area contributed by atoms with Crippen molar-refractivity contribution in [2.24, 2.45) is 0 Å². The second kappa shape index (κ2) is 6.26. The molecule has 0 aromatic carbocycles. The molecule has 1 aliphatic heterocycles. The van der Waals surface area contributed by atoms with Crippen LogP contribution in [0.4, 0.5) is 0 Å². The van der Waals surface area contributed by atoms with E-state index < -0.39 is 0 Å². The molecule has 1 atom stereocenters. The van der Waals surface area contributed by atoms with Crippen LogP contribution < -0.4 is 5.32 Å². The quantitative estimate of drug-likeness (QED) is 0.865. The minimum absolute atomic E-state index is 0.0717. The van der Waals surface area contributed by atoms with Gasteiger partial charge in [0.25, 0.3) is 5.91 Å². The van der Waals surface area contributed by atoms with Gasteiger partial charge in [-0.25, -0.2) is 4.98 Å². The number of oxazole rings is 1. The van der Waals surface area contributed by atoms with Gasteiger partial charge >= 0.3 is 0 Å². The molecule has 2 rings (SSSR count). The van der Waals surface area contributed by atoms with Crippen LogP contribution in [0.5, 0.6) is 0 Å². The summed E-state index contributed by atoms with van der Waals surface area (Å²) in [6, 6.07) is -0.0838. The summed E-state index contributed by atoms with van der Waals surface area (Å²) in [6.45, 7) is 7.40. The molecule has 0 radical (unpaired) electrons. The minimum Gasteiger partial charge on any atom is -0.448 e. The minimum atomic E-state index is -0.333. The summed E-state index contributed by atoms with van der Waals surface area (Å²) in [4.78, 5) is 32.3. The summed E-state index contributed by atoms with van der Waals surface area (Å²) in [6.07, 6.45) is 1.36. The number of hydrogen-bond acceptors (Lipinski definition) is 5. The normalized spacial score (nSPS) is 19.9. The largest absolute Gasteiger partial charge is 0.448 e. The lowest BCUT2D eigenvalue weighted by molar-refractivity contribution is -0.128. The average molecular weight is 294 g/mol. The van der Waals surface area contributed by atoms with Crippen molar-refractivity contribution in [3.8, 4) is 0 Å². The van der Waals surface area contributed by atoms with Crippen LogP contribution >= 0.6 is 0 Å². The third-order valence-electron chi connectivity index (χ3n) is 3.76. The maximum absolute atomic E-state index is 12.4. The van der Waals surface area contributed by atoms with Gasteiger partial charge < -0.3 is 14.6 Å². The van der Waals surface area contributed by atoms with Gasteiger partial charge in [0.15, 0.2) is 11.6 Å². The molecule has 0 aliphatic carbocycles. The molecule has 2 amide bonds. The molecule has 0 spiro atoms. The zero-order valence-electron chi connectivity index (χ0n) is 12.9. The van der Waals surface area contributed by atoms with Crippen molar-refractivity contribution in [3.63, 3.8) is 0 Å². The standard InChI is InChI=1S/C14H22N4O3/c1-9(2)18-6-5-17(7-12(18)13(19)15-4)14(20)11-8-21-10(3)16-11/h8-9,12H,5-7H2,1-4H3,(H,15,19)/t12-/m1/s1. The average Bonchev–Trinajstić information content (AvgIpc) is 2.91. The number of hydrogen-bond donors (Lipinski definition) is 1. The SMILES string of the molecule is CNC(=O)[C@H]1CN(C(=O)c2coc(C)n2)CCN1C(C)C. The molecule has 1 aliphatic rings. The molecule has 0 saturated carbocycles. The monoisotopic (exact) mass is 294 g/mol. The summed E-state index contributed by atoms with van der Waals surface area (Å²) < 4.78 is 5.08. The predicted octanol–water partition coefficient (Wildman–Crippen LogP) is 0.264. The van der Waals surface area contributed by atoms with Gasteiger partial charge in [-0.15, -0.1) is 0 Å². The van der Waals surface area contributed by atoms with Gasteiger partial charge in [0, 0.05) is 39.6 Å². The van der Waals surface area contributed by atoms with Crippen LogP contribution in [-0.4, -0.2) is 65.4 Å². The first-order valence-electron chi connectivity index (χ1n) is 7.12. The molecular formula is C14H22N4O3. The van der Waals surface area contributed by atoms with E-state index in [2.05, 4.69) is 29.0 Å². The van der Waals surface area contributed by atoms with Crippen LogP contribution in [-0.2, 0) is 4.79 Å². The second-order valence-electron chi connectivity index (χ2n) is 5.46. The molecular weight excluding hydrogens is 272 g/mol. The zero-order valence-corrected chi connectivity index (χ0v) is 12.9. The van der Waals surface area contributed by atoms with Crippen molar-refractivity contribution in [1.82, 2.24) is 20.1 Å². The topological polar surface area (TPSA) is 78.7 Å². The van der Waals surface area contributed by atoms with Crippen LogP contribution in [0.3, 0.4) is 0 Å². The Morgan fingerprint density at radius 3 is 2.67 bits per heavy atom. The van der Waals surface area contributed by atoms with Crippen molar-refractivity contribution in [2.45, 2.75) is 32.9 Å². The summed E-state index contributed by atoms with van der Waals surface area (Å²) >= 11 is 0. The molecule has 0 bridgehead atoms. The maximum Gasteiger partial charge on any atom is 0.275 e. The lowest BCUT2D eigenvalue weighted by Gasteiger charge is -2.42. The van der Waals surface area contributed by atoms with E-state index in [0.29, 0.717) is 31.2 Å². The summed E-state index contributed by atoms with van der Waals surface area (Å²) in [5.41, 5.74) is 0.293. The number of aromatic nitrogens is 1. The van der Waals surface area contributed by atoms with Gasteiger partial charge in [-0.05, 0) is 13.8 Å². The van der Waals surface area contributed by atoms with Gasteiger partial charge in [-0.2, -0.15) is 0 Å². The van der Waals surface area contributed by atoms with Gasteiger partial charge in [0.1, 0.15) is 12.3 Å². The molecule has 1 N–H and O–H groups in total. The van der Waals surface area contributed by atoms with Crippen molar-refractivity contribution >= 4 is 11.8 Å². The molecule has 21 heavy (non-hydrogen) atoms.